The van der Waals surface area contributed by atoms with E-state index in [2.05, 4.69) is 5.32 Å². The van der Waals surface area contributed by atoms with E-state index in [1.54, 1.807) is 6.07 Å². The van der Waals surface area contributed by atoms with E-state index in [0.29, 0.717) is 18.0 Å². The molecule has 0 radical (unpaired) electrons. The van der Waals surface area contributed by atoms with Crippen LogP contribution in [0.1, 0.15) is 27.0 Å². The van der Waals surface area contributed by atoms with Crippen molar-refractivity contribution in [3.8, 4) is 11.5 Å². The van der Waals surface area contributed by atoms with Gasteiger partial charge in [0.2, 0.25) is 0 Å². The van der Waals surface area contributed by atoms with Gasteiger partial charge in [0.05, 0.1) is 19.8 Å². The van der Waals surface area contributed by atoms with Crippen LogP contribution >= 0.6 is 0 Å². The van der Waals surface area contributed by atoms with E-state index in [1.807, 2.05) is 32.0 Å². The van der Waals surface area contributed by atoms with Gasteiger partial charge in [0.25, 0.3) is 5.91 Å². The molecule has 0 aliphatic carbocycles. The maximum absolute atomic E-state index is 12.1. The Kier molecular flexibility index (Phi) is 6.60. The van der Waals surface area contributed by atoms with Gasteiger partial charge in [0.1, 0.15) is 11.5 Å². The highest BCUT2D eigenvalue weighted by Crippen LogP contribution is 2.22. The standard InChI is InChI=1S/C20H23NO5/c1-13-5-6-15(7-14(13)2)11-21-19(22)12-26-20(23)16-8-17(24-3)10-18(9-16)25-4/h5-10H,11-12H2,1-4H3,(H,21,22). The Morgan fingerprint density at radius 2 is 1.58 bits per heavy atom. The zero-order valence-corrected chi connectivity index (χ0v) is 15.4. The number of hydrogen-bond donors (Lipinski definition) is 1. The van der Waals surface area contributed by atoms with Gasteiger partial charge in [0.15, 0.2) is 6.61 Å². The van der Waals surface area contributed by atoms with Crippen molar-refractivity contribution in [2.24, 2.45) is 0 Å². The van der Waals surface area contributed by atoms with Crippen LogP contribution in [-0.2, 0) is 16.1 Å². The first-order valence-corrected chi connectivity index (χ1v) is 8.16. The number of methoxy groups -OCH3 is 2. The number of hydrogen-bond acceptors (Lipinski definition) is 5. The van der Waals surface area contributed by atoms with E-state index < -0.39 is 5.97 Å². The third kappa shape index (κ3) is 5.24. The van der Waals surface area contributed by atoms with Crippen molar-refractivity contribution in [1.29, 1.82) is 0 Å². The Balaban J connectivity index is 1.88. The molecule has 0 bridgehead atoms. The minimum atomic E-state index is -0.622. The van der Waals surface area contributed by atoms with Gasteiger partial charge in [-0.3, -0.25) is 4.79 Å². The molecular formula is C20H23NO5. The van der Waals surface area contributed by atoms with Gasteiger partial charge in [0, 0.05) is 12.6 Å². The van der Waals surface area contributed by atoms with E-state index in [4.69, 9.17) is 14.2 Å². The number of benzene rings is 2. The lowest BCUT2D eigenvalue weighted by Crippen LogP contribution is -2.28. The van der Waals surface area contributed by atoms with Crippen molar-refractivity contribution in [3.05, 3.63) is 58.7 Å². The number of amides is 1. The molecule has 0 saturated carbocycles. The largest absolute Gasteiger partial charge is 0.497 e. The Morgan fingerprint density at radius 3 is 2.15 bits per heavy atom. The fourth-order valence-electron chi connectivity index (χ4n) is 2.30. The monoisotopic (exact) mass is 357 g/mol. The van der Waals surface area contributed by atoms with E-state index >= 15 is 0 Å². The highest BCUT2D eigenvalue weighted by atomic mass is 16.5. The molecule has 0 aliphatic rings. The molecule has 1 N–H and O–H groups in total. The molecule has 26 heavy (non-hydrogen) atoms. The predicted molar refractivity (Wildman–Crippen MR) is 97.6 cm³/mol. The van der Waals surface area contributed by atoms with Crippen LogP contribution in [0.15, 0.2) is 36.4 Å². The Hall–Kier alpha value is -3.02. The summed E-state index contributed by atoms with van der Waals surface area (Å²) in [6, 6.07) is 10.7. The van der Waals surface area contributed by atoms with E-state index in [-0.39, 0.29) is 18.1 Å². The molecule has 0 saturated heterocycles. The average Bonchev–Trinajstić information content (AvgIpc) is 2.66. The molecule has 0 fully saturated rings. The first-order chi connectivity index (χ1) is 12.4. The summed E-state index contributed by atoms with van der Waals surface area (Å²) in [6.45, 7) is 4.07. The summed E-state index contributed by atoms with van der Waals surface area (Å²) in [4.78, 5) is 24.0. The molecule has 0 aromatic heterocycles. The van der Waals surface area contributed by atoms with Gasteiger partial charge in [-0.25, -0.2) is 4.79 Å². The van der Waals surface area contributed by atoms with Crippen molar-refractivity contribution in [3.63, 3.8) is 0 Å². The molecular weight excluding hydrogens is 334 g/mol. The number of rotatable bonds is 7. The molecule has 6 nitrogen and oxygen atoms in total. The number of esters is 1. The molecule has 1 amide bonds. The lowest BCUT2D eigenvalue weighted by Gasteiger charge is -2.10. The van der Waals surface area contributed by atoms with Gasteiger partial charge >= 0.3 is 5.97 Å². The minimum absolute atomic E-state index is 0.253. The van der Waals surface area contributed by atoms with Crippen molar-refractivity contribution in [2.75, 3.05) is 20.8 Å². The number of carbonyl (C=O) groups is 2. The first kappa shape index (κ1) is 19.3. The summed E-state index contributed by atoms with van der Waals surface area (Å²) in [7, 11) is 2.98. The zero-order valence-electron chi connectivity index (χ0n) is 15.4. The zero-order chi connectivity index (χ0) is 19.1. The van der Waals surface area contributed by atoms with Crippen LogP contribution in [0.2, 0.25) is 0 Å². The average molecular weight is 357 g/mol. The van der Waals surface area contributed by atoms with E-state index in [9.17, 15) is 9.59 Å². The fourth-order valence-corrected chi connectivity index (χ4v) is 2.30. The number of ether oxygens (including phenoxy) is 3. The third-order valence-corrected chi connectivity index (χ3v) is 3.98. The Bertz CT molecular complexity index is 779. The van der Waals surface area contributed by atoms with Crippen molar-refractivity contribution in [1.82, 2.24) is 5.32 Å². The molecule has 138 valence electrons. The van der Waals surface area contributed by atoms with Crippen LogP contribution < -0.4 is 14.8 Å². The summed E-state index contributed by atoms with van der Waals surface area (Å²) >= 11 is 0. The third-order valence-electron chi connectivity index (χ3n) is 3.98. The van der Waals surface area contributed by atoms with Crippen LogP contribution in [0.25, 0.3) is 0 Å². The molecule has 2 aromatic rings. The maximum Gasteiger partial charge on any atom is 0.338 e. The quantitative estimate of drug-likeness (QED) is 0.772. The number of nitrogens with one attached hydrogen (secondary N) is 1. The second-order valence-corrected chi connectivity index (χ2v) is 5.87. The SMILES string of the molecule is COc1cc(OC)cc(C(=O)OCC(=O)NCc2ccc(C)c(C)c2)c1. The maximum atomic E-state index is 12.1. The van der Waals surface area contributed by atoms with Gasteiger partial charge in [-0.15, -0.1) is 0 Å². The van der Waals surface area contributed by atoms with Crippen LogP contribution in [0, 0.1) is 13.8 Å². The van der Waals surface area contributed by atoms with Crippen LogP contribution in [0.4, 0.5) is 0 Å². The highest BCUT2D eigenvalue weighted by molar-refractivity contribution is 5.92. The molecule has 6 heteroatoms. The Labute approximate surface area is 153 Å². The Morgan fingerprint density at radius 1 is 0.923 bits per heavy atom. The second-order valence-electron chi connectivity index (χ2n) is 5.87. The van der Waals surface area contributed by atoms with Gasteiger partial charge < -0.3 is 19.5 Å². The number of carbonyl (C=O) groups excluding carboxylic acids is 2. The first-order valence-electron chi connectivity index (χ1n) is 8.16. The normalized spacial score (nSPS) is 10.2. The number of aryl methyl sites for hydroxylation is 2. The molecule has 0 spiro atoms. The van der Waals surface area contributed by atoms with Crippen LogP contribution in [0.5, 0.6) is 11.5 Å². The molecule has 0 atom stereocenters. The summed E-state index contributed by atoms with van der Waals surface area (Å²) < 4.78 is 15.3. The fraction of sp³-hybridized carbons (Fsp3) is 0.300. The highest BCUT2D eigenvalue weighted by Gasteiger charge is 2.13. The van der Waals surface area contributed by atoms with Gasteiger partial charge in [-0.1, -0.05) is 18.2 Å². The van der Waals surface area contributed by atoms with Crippen molar-refractivity contribution in [2.45, 2.75) is 20.4 Å². The summed E-state index contributed by atoms with van der Waals surface area (Å²) in [5, 5.41) is 2.73. The summed E-state index contributed by atoms with van der Waals surface area (Å²) in [6.07, 6.45) is 0. The summed E-state index contributed by atoms with van der Waals surface area (Å²) in [5.41, 5.74) is 3.60. The van der Waals surface area contributed by atoms with Crippen molar-refractivity contribution >= 4 is 11.9 Å². The minimum Gasteiger partial charge on any atom is -0.497 e. The molecule has 2 rings (SSSR count). The second kappa shape index (κ2) is 8.89. The van der Waals surface area contributed by atoms with Gasteiger partial charge in [-0.05, 0) is 42.7 Å². The molecule has 0 aliphatic heterocycles. The predicted octanol–water partition coefficient (Wildman–Crippen LogP) is 2.79. The van der Waals surface area contributed by atoms with E-state index in [1.165, 1.54) is 31.9 Å². The topological polar surface area (TPSA) is 73.9 Å². The van der Waals surface area contributed by atoms with E-state index in [0.717, 1.165) is 11.1 Å². The molecule has 2 aromatic carbocycles. The lowest BCUT2D eigenvalue weighted by atomic mass is 10.1. The van der Waals surface area contributed by atoms with Crippen molar-refractivity contribution < 1.29 is 23.8 Å². The van der Waals surface area contributed by atoms with Crippen LogP contribution in [-0.4, -0.2) is 32.7 Å². The smallest absolute Gasteiger partial charge is 0.338 e. The summed E-state index contributed by atoms with van der Waals surface area (Å²) in [5.74, 6) is -0.0547. The molecule has 0 unspecified atom stereocenters. The van der Waals surface area contributed by atoms with Gasteiger partial charge in [-0.2, -0.15) is 0 Å². The lowest BCUT2D eigenvalue weighted by molar-refractivity contribution is -0.124. The van der Waals surface area contributed by atoms with Crippen LogP contribution in [0.3, 0.4) is 0 Å². The molecule has 0 heterocycles.